The van der Waals surface area contributed by atoms with Crippen LogP contribution in [-0.4, -0.2) is 58.9 Å². The molecule has 31 heavy (non-hydrogen) atoms. The van der Waals surface area contributed by atoms with E-state index >= 15 is 0 Å². The Morgan fingerprint density at radius 3 is 2.58 bits per heavy atom. The summed E-state index contributed by atoms with van der Waals surface area (Å²) in [5, 5.41) is 11.2. The van der Waals surface area contributed by atoms with Gasteiger partial charge in [0, 0.05) is 28.9 Å². The highest BCUT2D eigenvalue weighted by atomic mass is 35.5. The number of morpholine rings is 1. The first kappa shape index (κ1) is 23.4. The number of hydrogen-bond donors (Lipinski definition) is 1. The molecule has 0 aromatic heterocycles. The second-order valence-corrected chi connectivity index (χ2v) is 9.51. The molecule has 1 aromatic carbocycles. The molecular weight excluding hydrogens is 442 g/mol. The molecule has 1 saturated heterocycles. The first-order chi connectivity index (χ1) is 14.8. The quantitative estimate of drug-likeness (QED) is 0.657. The molecule has 1 aromatic rings. The molecule has 4 atom stereocenters. The standard InChI is InChI=1S/C21H24ClN3O5S/c1-13-10-15(22)2-3-18(13)31(29)21(28)14-11-16(19(26)24-5-4-23)17(12-14)20(27)25-6-8-30-9-7-25/h2-3,10,14,16-17H,5-9,11-12H2,1H3,(H,24,26). The van der Waals surface area contributed by atoms with Crippen LogP contribution in [0.3, 0.4) is 0 Å². The van der Waals surface area contributed by atoms with Crippen molar-refractivity contribution in [1.29, 1.82) is 5.26 Å². The van der Waals surface area contributed by atoms with E-state index in [-0.39, 0.29) is 25.3 Å². The van der Waals surface area contributed by atoms with Crippen molar-refractivity contribution in [1.82, 2.24) is 10.2 Å². The molecule has 1 heterocycles. The van der Waals surface area contributed by atoms with Gasteiger partial charge >= 0.3 is 0 Å². The number of ether oxygens (including phenoxy) is 1. The zero-order valence-corrected chi connectivity index (χ0v) is 18.7. The molecule has 1 saturated carbocycles. The van der Waals surface area contributed by atoms with E-state index in [1.807, 2.05) is 6.07 Å². The Labute approximate surface area is 188 Å². The minimum absolute atomic E-state index is 0.120. The molecular formula is C21H24ClN3O5S. The van der Waals surface area contributed by atoms with Gasteiger partial charge in [0.05, 0.1) is 31.1 Å². The molecule has 1 aliphatic carbocycles. The maximum atomic E-state index is 13.1. The average molecular weight is 466 g/mol. The fourth-order valence-electron chi connectivity index (χ4n) is 4.15. The largest absolute Gasteiger partial charge is 0.378 e. The van der Waals surface area contributed by atoms with Gasteiger partial charge in [0.2, 0.25) is 16.9 Å². The number of aryl methyl sites for hydroxylation is 1. The monoisotopic (exact) mass is 465 g/mol. The third kappa shape index (κ3) is 5.32. The highest BCUT2D eigenvalue weighted by molar-refractivity contribution is 8.00. The molecule has 0 spiro atoms. The number of nitriles is 1. The second-order valence-electron chi connectivity index (χ2n) is 7.69. The summed E-state index contributed by atoms with van der Waals surface area (Å²) in [7, 11) is -1.93. The van der Waals surface area contributed by atoms with Crippen LogP contribution in [0, 0.1) is 36.0 Å². The van der Waals surface area contributed by atoms with Gasteiger partial charge in [-0.1, -0.05) is 11.6 Å². The van der Waals surface area contributed by atoms with Crippen LogP contribution in [0.4, 0.5) is 0 Å². The van der Waals surface area contributed by atoms with Gasteiger partial charge in [0.1, 0.15) is 17.3 Å². The van der Waals surface area contributed by atoms with Gasteiger partial charge in [-0.05, 0) is 43.5 Å². The van der Waals surface area contributed by atoms with Crippen LogP contribution >= 0.6 is 11.6 Å². The van der Waals surface area contributed by atoms with E-state index in [0.717, 1.165) is 0 Å². The summed E-state index contributed by atoms with van der Waals surface area (Å²) in [6.07, 6.45) is 0.271. The fraction of sp³-hybridized carbons (Fsp3) is 0.524. The predicted molar refractivity (Wildman–Crippen MR) is 113 cm³/mol. The first-order valence-electron chi connectivity index (χ1n) is 10.1. The summed E-state index contributed by atoms with van der Waals surface area (Å²) in [6, 6.07) is 6.62. The third-order valence-corrected chi connectivity index (χ3v) is 7.53. The molecule has 1 N–H and O–H groups in total. The minimum Gasteiger partial charge on any atom is -0.378 e. The van der Waals surface area contributed by atoms with Crippen molar-refractivity contribution < 1.29 is 23.3 Å². The topological polar surface area (TPSA) is 117 Å². The van der Waals surface area contributed by atoms with Crippen molar-refractivity contribution in [3.05, 3.63) is 28.8 Å². The van der Waals surface area contributed by atoms with E-state index in [4.69, 9.17) is 21.6 Å². The summed E-state index contributed by atoms with van der Waals surface area (Å²) < 4.78 is 18.2. The SMILES string of the molecule is Cc1cc(Cl)ccc1S(=O)C(=O)C1CC(C(=O)NCC#N)C(C(=O)N2CCOCC2)C1. The van der Waals surface area contributed by atoms with Gasteiger partial charge in [-0.25, -0.2) is 4.21 Å². The van der Waals surface area contributed by atoms with Crippen molar-refractivity contribution in [2.75, 3.05) is 32.8 Å². The molecule has 4 unspecified atom stereocenters. The number of carbonyl (C=O) groups is 3. The summed E-state index contributed by atoms with van der Waals surface area (Å²) >= 11 is 5.95. The van der Waals surface area contributed by atoms with Crippen LogP contribution in [0.5, 0.6) is 0 Å². The van der Waals surface area contributed by atoms with Gasteiger partial charge in [-0.15, -0.1) is 0 Å². The summed E-state index contributed by atoms with van der Waals surface area (Å²) in [6.45, 7) is 3.25. The summed E-state index contributed by atoms with van der Waals surface area (Å²) in [4.78, 5) is 40.8. The lowest BCUT2D eigenvalue weighted by Crippen LogP contribution is -2.46. The summed E-state index contributed by atoms with van der Waals surface area (Å²) in [5.74, 6) is -2.78. The lowest BCUT2D eigenvalue weighted by atomic mass is 9.93. The lowest BCUT2D eigenvalue weighted by molar-refractivity contribution is -0.144. The molecule has 1 aliphatic heterocycles. The van der Waals surface area contributed by atoms with E-state index in [1.165, 1.54) is 0 Å². The second kappa shape index (κ2) is 10.4. The van der Waals surface area contributed by atoms with Crippen LogP contribution in [0.15, 0.2) is 23.1 Å². The molecule has 2 amide bonds. The number of amides is 2. The molecule has 3 rings (SSSR count). The smallest absolute Gasteiger partial charge is 0.226 e. The Hall–Kier alpha value is -2.28. The normalized spacial score (nSPS) is 24.3. The van der Waals surface area contributed by atoms with Crippen molar-refractivity contribution in [3.8, 4) is 6.07 Å². The Balaban J connectivity index is 1.80. The Morgan fingerprint density at radius 2 is 1.94 bits per heavy atom. The number of hydrogen-bond acceptors (Lipinski definition) is 6. The predicted octanol–water partition coefficient (Wildman–Crippen LogP) is 1.42. The number of benzene rings is 1. The molecule has 2 aliphatic rings. The Kier molecular flexibility index (Phi) is 7.81. The number of nitrogens with one attached hydrogen (secondary N) is 1. The van der Waals surface area contributed by atoms with E-state index in [1.54, 1.807) is 30.0 Å². The van der Waals surface area contributed by atoms with Crippen molar-refractivity contribution in [2.24, 2.45) is 17.8 Å². The van der Waals surface area contributed by atoms with E-state index in [9.17, 15) is 18.6 Å². The first-order valence-corrected chi connectivity index (χ1v) is 11.6. The Bertz CT molecular complexity index is 941. The molecule has 10 heteroatoms. The van der Waals surface area contributed by atoms with E-state index < -0.39 is 39.6 Å². The van der Waals surface area contributed by atoms with Gasteiger partial charge < -0.3 is 15.0 Å². The molecule has 0 bridgehead atoms. The van der Waals surface area contributed by atoms with Crippen LogP contribution in [0.2, 0.25) is 5.02 Å². The van der Waals surface area contributed by atoms with E-state index in [0.29, 0.717) is 41.8 Å². The van der Waals surface area contributed by atoms with Gasteiger partial charge in [-0.2, -0.15) is 5.26 Å². The lowest BCUT2D eigenvalue weighted by Gasteiger charge is -2.30. The van der Waals surface area contributed by atoms with Crippen molar-refractivity contribution in [3.63, 3.8) is 0 Å². The van der Waals surface area contributed by atoms with Crippen molar-refractivity contribution >= 4 is 39.3 Å². The highest BCUT2D eigenvalue weighted by Crippen LogP contribution is 2.40. The molecule has 8 nitrogen and oxygen atoms in total. The molecule has 166 valence electrons. The fourth-order valence-corrected chi connectivity index (χ4v) is 5.63. The number of carbonyl (C=O) groups excluding carboxylic acids is 3. The summed E-state index contributed by atoms with van der Waals surface area (Å²) in [5.41, 5.74) is 0.640. The van der Waals surface area contributed by atoms with Crippen molar-refractivity contribution in [2.45, 2.75) is 24.7 Å². The van der Waals surface area contributed by atoms with E-state index in [2.05, 4.69) is 5.32 Å². The zero-order chi connectivity index (χ0) is 22.5. The third-order valence-electron chi connectivity index (χ3n) is 5.73. The zero-order valence-electron chi connectivity index (χ0n) is 17.1. The minimum atomic E-state index is -1.93. The van der Waals surface area contributed by atoms with Crippen LogP contribution in [0.1, 0.15) is 18.4 Å². The van der Waals surface area contributed by atoms with Gasteiger partial charge in [0.15, 0.2) is 0 Å². The van der Waals surface area contributed by atoms with Crippen LogP contribution in [0.25, 0.3) is 0 Å². The average Bonchev–Trinajstić information content (AvgIpc) is 3.22. The van der Waals surface area contributed by atoms with Gasteiger partial charge in [0.25, 0.3) is 0 Å². The highest BCUT2D eigenvalue weighted by Gasteiger charge is 2.47. The maximum absolute atomic E-state index is 13.1. The van der Waals surface area contributed by atoms with Crippen LogP contribution < -0.4 is 5.32 Å². The molecule has 2 fully saturated rings. The number of rotatable bonds is 5. The molecule has 0 radical (unpaired) electrons. The Morgan fingerprint density at radius 1 is 1.26 bits per heavy atom. The number of halogens is 1. The van der Waals surface area contributed by atoms with Gasteiger partial charge in [-0.3, -0.25) is 14.4 Å². The maximum Gasteiger partial charge on any atom is 0.226 e. The number of nitrogens with zero attached hydrogens (tertiary/aromatic N) is 2. The van der Waals surface area contributed by atoms with Crippen LogP contribution in [-0.2, 0) is 29.9 Å².